The van der Waals surface area contributed by atoms with Crippen molar-refractivity contribution in [3.63, 3.8) is 0 Å². The standard InChI is InChI=1S/C33H31N3O4/c37-31(38)16-25-15-28(20-34-18-25)30-14-13-27(32(39)35-19-23-7-3-1-4-8-23)17-29(30)22-36(33(40)26-11-12-26)21-24-9-5-2-6-10-24/h1-10,13-15,17-18,20,26H,11-12,16,19,21-22H2,(H,35,39)(H,37,38). The molecule has 1 fully saturated rings. The summed E-state index contributed by atoms with van der Waals surface area (Å²) in [7, 11) is 0. The van der Waals surface area contributed by atoms with Gasteiger partial charge in [-0.1, -0.05) is 66.7 Å². The Morgan fingerprint density at radius 2 is 1.52 bits per heavy atom. The smallest absolute Gasteiger partial charge is 0.307 e. The number of amides is 2. The third-order valence-electron chi connectivity index (χ3n) is 6.94. The van der Waals surface area contributed by atoms with Gasteiger partial charge in [-0.2, -0.15) is 0 Å². The van der Waals surface area contributed by atoms with Crippen molar-refractivity contribution in [3.8, 4) is 11.1 Å². The van der Waals surface area contributed by atoms with E-state index in [1.165, 1.54) is 0 Å². The van der Waals surface area contributed by atoms with Crippen molar-refractivity contribution in [2.45, 2.75) is 38.9 Å². The molecule has 7 nitrogen and oxygen atoms in total. The van der Waals surface area contributed by atoms with Crippen LogP contribution in [0.5, 0.6) is 0 Å². The molecule has 1 aliphatic carbocycles. The number of nitrogens with one attached hydrogen (secondary N) is 1. The molecule has 0 bridgehead atoms. The van der Waals surface area contributed by atoms with Crippen LogP contribution in [0.2, 0.25) is 0 Å². The van der Waals surface area contributed by atoms with E-state index in [9.17, 15) is 19.5 Å². The van der Waals surface area contributed by atoms with E-state index in [2.05, 4.69) is 10.3 Å². The summed E-state index contributed by atoms with van der Waals surface area (Å²) in [5, 5.41) is 12.3. The van der Waals surface area contributed by atoms with Crippen LogP contribution in [-0.2, 0) is 35.6 Å². The lowest BCUT2D eigenvalue weighted by Gasteiger charge is -2.25. The van der Waals surface area contributed by atoms with Gasteiger partial charge in [0.2, 0.25) is 5.91 Å². The van der Waals surface area contributed by atoms with Crippen LogP contribution in [0.1, 0.15) is 45.5 Å². The second kappa shape index (κ2) is 12.4. The molecule has 3 aromatic carbocycles. The third kappa shape index (κ3) is 6.99. The molecule has 7 heteroatoms. The Morgan fingerprint density at radius 1 is 0.825 bits per heavy atom. The van der Waals surface area contributed by atoms with Gasteiger partial charge in [-0.3, -0.25) is 19.4 Å². The summed E-state index contributed by atoms with van der Waals surface area (Å²) < 4.78 is 0. The molecule has 0 radical (unpaired) electrons. The molecule has 1 aliphatic rings. The summed E-state index contributed by atoms with van der Waals surface area (Å²) in [5.74, 6) is -1.01. The molecule has 0 atom stereocenters. The number of nitrogens with zero attached hydrogens (tertiary/aromatic N) is 2. The highest BCUT2D eigenvalue weighted by Gasteiger charge is 2.33. The molecular formula is C33H31N3O4. The summed E-state index contributed by atoms with van der Waals surface area (Å²) in [6, 6.07) is 26.8. The normalized spacial score (nSPS) is 12.5. The van der Waals surface area contributed by atoms with Crippen molar-refractivity contribution in [2.75, 3.05) is 0 Å². The van der Waals surface area contributed by atoms with Gasteiger partial charge in [0.05, 0.1) is 6.42 Å². The van der Waals surface area contributed by atoms with Crippen LogP contribution in [-0.4, -0.2) is 32.8 Å². The second-order valence-electron chi connectivity index (χ2n) is 10.1. The Labute approximate surface area is 233 Å². The fourth-order valence-corrected chi connectivity index (χ4v) is 4.74. The van der Waals surface area contributed by atoms with Gasteiger partial charge in [0.25, 0.3) is 5.91 Å². The number of carboxylic acids is 1. The number of aliphatic carboxylic acids is 1. The van der Waals surface area contributed by atoms with E-state index >= 15 is 0 Å². The van der Waals surface area contributed by atoms with Gasteiger partial charge in [-0.15, -0.1) is 0 Å². The van der Waals surface area contributed by atoms with Crippen molar-refractivity contribution in [3.05, 3.63) is 125 Å². The van der Waals surface area contributed by atoms with Crippen molar-refractivity contribution in [1.82, 2.24) is 15.2 Å². The van der Waals surface area contributed by atoms with Gasteiger partial charge < -0.3 is 15.3 Å². The van der Waals surface area contributed by atoms with Gasteiger partial charge in [0.15, 0.2) is 0 Å². The van der Waals surface area contributed by atoms with Gasteiger partial charge in [-0.05, 0) is 58.9 Å². The lowest BCUT2D eigenvalue weighted by Crippen LogP contribution is -2.31. The Morgan fingerprint density at radius 3 is 2.20 bits per heavy atom. The van der Waals surface area contributed by atoms with Crippen LogP contribution < -0.4 is 5.32 Å². The molecule has 0 spiro atoms. The number of aromatic nitrogens is 1. The molecule has 1 aromatic heterocycles. The summed E-state index contributed by atoms with van der Waals surface area (Å²) >= 11 is 0. The fraction of sp³-hybridized carbons (Fsp3) is 0.212. The number of benzene rings is 3. The van der Waals surface area contributed by atoms with E-state index in [1.807, 2.05) is 77.7 Å². The van der Waals surface area contributed by atoms with Crippen molar-refractivity contribution in [2.24, 2.45) is 5.92 Å². The van der Waals surface area contributed by atoms with E-state index in [1.54, 1.807) is 24.5 Å². The van der Waals surface area contributed by atoms with Crippen molar-refractivity contribution < 1.29 is 19.5 Å². The first kappa shape index (κ1) is 26.8. The highest BCUT2D eigenvalue weighted by molar-refractivity contribution is 5.95. The molecule has 2 N–H and O–H groups in total. The minimum Gasteiger partial charge on any atom is -0.481 e. The molecule has 0 unspecified atom stereocenters. The number of hydrogen-bond donors (Lipinski definition) is 2. The summed E-state index contributed by atoms with van der Waals surface area (Å²) in [4.78, 5) is 44.0. The van der Waals surface area contributed by atoms with E-state index in [0.717, 1.165) is 40.7 Å². The first-order chi connectivity index (χ1) is 19.5. The monoisotopic (exact) mass is 533 g/mol. The predicted molar refractivity (Wildman–Crippen MR) is 152 cm³/mol. The molecular weight excluding hydrogens is 502 g/mol. The Kier molecular flexibility index (Phi) is 8.30. The summed E-state index contributed by atoms with van der Waals surface area (Å²) in [6.07, 6.45) is 4.86. The molecule has 40 heavy (non-hydrogen) atoms. The zero-order chi connectivity index (χ0) is 27.9. The quantitative estimate of drug-likeness (QED) is 0.275. The molecule has 1 heterocycles. The first-order valence-electron chi connectivity index (χ1n) is 13.4. The Bertz CT molecular complexity index is 1500. The van der Waals surface area contributed by atoms with Crippen LogP contribution >= 0.6 is 0 Å². The lowest BCUT2D eigenvalue weighted by atomic mass is 9.96. The molecule has 4 aromatic rings. The first-order valence-corrected chi connectivity index (χ1v) is 13.4. The predicted octanol–water partition coefficient (Wildman–Crippen LogP) is 5.24. The lowest BCUT2D eigenvalue weighted by molar-refractivity contribution is -0.136. The minimum absolute atomic E-state index is 0.0325. The number of hydrogen-bond acceptors (Lipinski definition) is 4. The van der Waals surface area contributed by atoms with Crippen LogP contribution in [0.15, 0.2) is 97.3 Å². The molecule has 1 saturated carbocycles. The number of carbonyl (C=O) groups is 3. The van der Waals surface area contributed by atoms with E-state index < -0.39 is 5.97 Å². The third-order valence-corrected chi connectivity index (χ3v) is 6.94. The zero-order valence-electron chi connectivity index (χ0n) is 22.1. The molecule has 5 rings (SSSR count). The maximum absolute atomic E-state index is 13.4. The maximum atomic E-state index is 13.4. The molecule has 0 saturated heterocycles. The SMILES string of the molecule is O=C(O)Cc1cncc(-c2ccc(C(=O)NCc3ccccc3)cc2CN(Cc2ccccc2)C(=O)C2CC2)c1. The van der Waals surface area contributed by atoms with Gasteiger partial charge in [0, 0.05) is 49.1 Å². The van der Waals surface area contributed by atoms with Gasteiger partial charge >= 0.3 is 5.97 Å². The topological polar surface area (TPSA) is 99.6 Å². The second-order valence-corrected chi connectivity index (χ2v) is 10.1. The largest absolute Gasteiger partial charge is 0.481 e. The Balaban J connectivity index is 1.48. The fourth-order valence-electron chi connectivity index (χ4n) is 4.74. The number of rotatable bonds is 11. The number of carboxylic acid groups (broad SMARTS) is 1. The van der Waals surface area contributed by atoms with Gasteiger partial charge in [-0.25, -0.2) is 0 Å². The van der Waals surface area contributed by atoms with Crippen LogP contribution in [0.25, 0.3) is 11.1 Å². The maximum Gasteiger partial charge on any atom is 0.307 e. The number of pyridine rings is 1. The van der Waals surface area contributed by atoms with Gasteiger partial charge in [0.1, 0.15) is 0 Å². The number of carbonyl (C=O) groups excluding carboxylic acids is 2. The highest BCUT2D eigenvalue weighted by atomic mass is 16.4. The average molecular weight is 534 g/mol. The molecule has 202 valence electrons. The zero-order valence-corrected chi connectivity index (χ0v) is 22.1. The average Bonchev–Trinajstić information content (AvgIpc) is 3.82. The molecule has 0 aliphatic heterocycles. The summed E-state index contributed by atoms with van der Waals surface area (Å²) in [6.45, 7) is 1.16. The highest BCUT2D eigenvalue weighted by Crippen LogP contribution is 2.33. The van der Waals surface area contributed by atoms with Crippen molar-refractivity contribution in [1.29, 1.82) is 0 Å². The van der Waals surface area contributed by atoms with Crippen LogP contribution in [0.3, 0.4) is 0 Å². The molecule has 2 amide bonds. The summed E-state index contributed by atoms with van der Waals surface area (Å²) in [5.41, 5.74) is 5.44. The van der Waals surface area contributed by atoms with E-state index in [-0.39, 0.29) is 24.2 Å². The van der Waals surface area contributed by atoms with E-state index in [0.29, 0.717) is 30.8 Å². The van der Waals surface area contributed by atoms with E-state index in [4.69, 9.17) is 0 Å². The van der Waals surface area contributed by atoms with Crippen molar-refractivity contribution >= 4 is 17.8 Å². The van der Waals surface area contributed by atoms with Crippen LogP contribution in [0, 0.1) is 5.92 Å². The van der Waals surface area contributed by atoms with Crippen LogP contribution in [0.4, 0.5) is 0 Å². The Hall–Kier alpha value is -4.78. The minimum atomic E-state index is -0.936.